The Morgan fingerprint density at radius 3 is 3.06 bits per heavy atom. The summed E-state index contributed by atoms with van der Waals surface area (Å²) < 4.78 is 1.08. The average molecular weight is 301 g/mol. The van der Waals surface area contributed by atoms with E-state index in [1.807, 2.05) is 17.0 Å². The molecule has 0 N–H and O–H groups in total. The smallest absolute Gasteiger partial charge is 0.231 e. The fraction of sp³-hybridized carbons (Fsp3) is 0.154. The van der Waals surface area contributed by atoms with Gasteiger partial charge < -0.3 is 4.90 Å². The first kappa shape index (κ1) is 11.2. The lowest BCUT2D eigenvalue weighted by molar-refractivity contribution is 0.935. The lowest BCUT2D eigenvalue weighted by Gasteiger charge is -2.16. The SMILES string of the molecule is N#Cc1ccnc(N2CCc3cc(Br)ccc32)n1. The number of aromatic nitrogens is 2. The largest absolute Gasteiger partial charge is 0.310 e. The molecule has 0 atom stereocenters. The third kappa shape index (κ3) is 1.85. The van der Waals surface area contributed by atoms with E-state index in [1.165, 1.54) is 5.56 Å². The number of fused-ring (bicyclic) bond motifs is 1. The molecule has 0 fully saturated rings. The Hall–Kier alpha value is -1.93. The van der Waals surface area contributed by atoms with Crippen molar-refractivity contribution < 1.29 is 0 Å². The van der Waals surface area contributed by atoms with Gasteiger partial charge in [0.05, 0.1) is 0 Å². The molecule has 1 aromatic heterocycles. The van der Waals surface area contributed by atoms with Crippen LogP contribution in [0.1, 0.15) is 11.3 Å². The normalized spacial score (nSPS) is 13.2. The van der Waals surface area contributed by atoms with E-state index >= 15 is 0 Å². The minimum Gasteiger partial charge on any atom is -0.310 e. The van der Waals surface area contributed by atoms with Crippen LogP contribution in [-0.4, -0.2) is 16.5 Å². The first-order valence-electron chi connectivity index (χ1n) is 5.57. The van der Waals surface area contributed by atoms with Crippen LogP contribution in [0.4, 0.5) is 11.6 Å². The van der Waals surface area contributed by atoms with Crippen molar-refractivity contribution in [1.82, 2.24) is 9.97 Å². The monoisotopic (exact) mass is 300 g/mol. The Morgan fingerprint density at radius 2 is 2.22 bits per heavy atom. The molecule has 18 heavy (non-hydrogen) atoms. The zero-order chi connectivity index (χ0) is 12.5. The number of nitrogens with zero attached hydrogens (tertiary/aromatic N) is 4. The molecule has 0 unspecified atom stereocenters. The maximum atomic E-state index is 8.87. The van der Waals surface area contributed by atoms with Crippen LogP contribution < -0.4 is 4.90 Å². The molecule has 4 nitrogen and oxygen atoms in total. The summed E-state index contributed by atoms with van der Waals surface area (Å²) in [5.41, 5.74) is 2.79. The highest BCUT2D eigenvalue weighted by Crippen LogP contribution is 2.34. The lowest BCUT2D eigenvalue weighted by Crippen LogP contribution is -2.16. The van der Waals surface area contributed by atoms with Gasteiger partial charge in [-0.15, -0.1) is 0 Å². The predicted molar refractivity (Wildman–Crippen MR) is 71.6 cm³/mol. The summed E-state index contributed by atoms with van der Waals surface area (Å²) in [6.45, 7) is 0.848. The maximum Gasteiger partial charge on any atom is 0.231 e. The molecule has 0 spiro atoms. The minimum atomic E-state index is 0.394. The maximum absolute atomic E-state index is 8.87. The van der Waals surface area contributed by atoms with E-state index in [2.05, 4.69) is 38.0 Å². The molecular formula is C13H9BrN4. The van der Waals surface area contributed by atoms with Crippen molar-refractivity contribution in [2.75, 3.05) is 11.4 Å². The standard InChI is InChI=1S/C13H9BrN4/c14-10-1-2-12-9(7-10)4-6-18(12)13-16-5-3-11(8-15)17-13/h1-3,5,7H,4,6H2. The molecule has 0 amide bonds. The van der Waals surface area contributed by atoms with E-state index in [-0.39, 0.29) is 0 Å². The first-order chi connectivity index (χ1) is 8.78. The van der Waals surface area contributed by atoms with Crippen LogP contribution in [-0.2, 0) is 6.42 Å². The summed E-state index contributed by atoms with van der Waals surface area (Å²) in [4.78, 5) is 10.5. The van der Waals surface area contributed by atoms with E-state index in [9.17, 15) is 0 Å². The van der Waals surface area contributed by atoms with Gasteiger partial charge in [0.1, 0.15) is 11.8 Å². The van der Waals surface area contributed by atoms with Crippen LogP contribution in [0.25, 0.3) is 0 Å². The summed E-state index contributed by atoms with van der Waals surface area (Å²) in [5, 5.41) is 8.87. The third-order valence-corrected chi connectivity index (χ3v) is 3.43. The molecule has 0 saturated carbocycles. The Labute approximate surface area is 113 Å². The van der Waals surface area contributed by atoms with Crippen molar-refractivity contribution >= 4 is 27.6 Å². The highest BCUT2D eigenvalue weighted by atomic mass is 79.9. The number of benzene rings is 1. The Bertz CT molecular complexity index is 648. The minimum absolute atomic E-state index is 0.394. The van der Waals surface area contributed by atoms with Crippen molar-refractivity contribution in [3.05, 3.63) is 46.2 Å². The highest BCUT2D eigenvalue weighted by Gasteiger charge is 2.22. The van der Waals surface area contributed by atoms with Gasteiger partial charge in [-0.25, -0.2) is 9.97 Å². The van der Waals surface area contributed by atoms with Crippen LogP contribution in [0.2, 0.25) is 0 Å². The number of hydrogen-bond donors (Lipinski definition) is 0. The Balaban J connectivity index is 2.03. The van der Waals surface area contributed by atoms with Gasteiger partial charge in [0.15, 0.2) is 0 Å². The number of nitriles is 1. The van der Waals surface area contributed by atoms with Crippen molar-refractivity contribution in [2.45, 2.75) is 6.42 Å². The summed E-state index contributed by atoms with van der Waals surface area (Å²) >= 11 is 3.47. The summed E-state index contributed by atoms with van der Waals surface area (Å²) in [6.07, 6.45) is 2.59. The van der Waals surface area contributed by atoms with E-state index in [1.54, 1.807) is 12.3 Å². The van der Waals surface area contributed by atoms with Crippen LogP contribution in [0.3, 0.4) is 0 Å². The summed E-state index contributed by atoms with van der Waals surface area (Å²) in [7, 11) is 0. The molecule has 3 rings (SSSR count). The zero-order valence-corrected chi connectivity index (χ0v) is 11.1. The van der Waals surface area contributed by atoms with Crippen molar-refractivity contribution in [3.63, 3.8) is 0 Å². The summed E-state index contributed by atoms with van der Waals surface area (Å²) in [6, 6.07) is 9.82. The van der Waals surface area contributed by atoms with Crippen LogP contribution in [0, 0.1) is 11.3 Å². The summed E-state index contributed by atoms with van der Waals surface area (Å²) in [5.74, 6) is 0.593. The average Bonchev–Trinajstić information content (AvgIpc) is 2.81. The second-order valence-electron chi connectivity index (χ2n) is 4.03. The van der Waals surface area contributed by atoms with Gasteiger partial charge in [-0.05, 0) is 36.2 Å². The van der Waals surface area contributed by atoms with Crippen LogP contribution in [0.15, 0.2) is 34.9 Å². The van der Waals surface area contributed by atoms with Gasteiger partial charge >= 0.3 is 0 Å². The number of anilines is 2. The fourth-order valence-corrected chi connectivity index (χ4v) is 2.53. The molecule has 1 aliphatic heterocycles. The molecule has 2 aromatic rings. The van der Waals surface area contributed by atoms with E-state index in [4.69, 9.17) is 5.26 Å². The molecule has 1 aromatic carbocycles. The quantitative estimate of drug-likeness (QED) is 0.812. The van der Waals surface area contributed by atoms with Gasteiger partial charge in [0, 0.05) is 22.9 Å². The Morgan fingerprint density at radius 1 is 1.33 bits per heavy atom. The molecule has 1 aliphatic rings. The van der Waals surface area contributed by atoms with Gasteiger partial charge in [0.25, 0.3) is 0 Å². The Kier molecular flexibility index (Phi) is 2.73. The van der Waals surface area contributed by atoms with Crippen molar-refractivity contribution in [3.8, 4) is 6.07 Å². The van der Waals surface area contributed by atoms with E-state index < -0.39 is 0 Å². The molecule has 2 heterocycles. The number of rotatable bonds is 1. The molecule has 88 valence electrons. The lowest BCUT2D eigenvalue weighted by atomic mass is 10.2. The fourth-order valence-electron chi connectivity index (χ4n) is 2.12. The molecule has 5 heteroatoms. The zero-order valence-electron chi connectivity index (χ0n) is 9.47. The molecular weight excluding hydrogens is 292 g/mol. The van der Waals surface area contributed by atoms with E-state index in [0.29, 0.717) is 11.6 Å². The molecule has 0 saturated heterocycles. The topological polar surface area (TPSA) is 52.8 Å². The first-order valence-corrected chi connectivity index (χ1v) is 6.36. The van der Waals surface area contributed by atoms with Crippen molar-refractivity contribution in [2.24, 2.45) is 0 Å². The molecule has 0 bridgehead atoms. The van der Waals surface area contributed by atoms with E-state index in [0.717, 1.165) is 23.1 Å². The molecule has 0 aliphatic carbocycles. The van der Waals surface area contributed by atoms with Crippen LogP contribution >= 0.6 is 15.9 Å². The number of halogens is 1. The van der Waals surface area contributed by atoms with Gasteiger partial charge in [-0.1, -0.05) is 15.9 Å². The second kappa shape index (κ2) is 4.39. The second-order valence-corrected chi connectivity index (χ2v) is 4.94. The van der Waals surface area contributed by atoms with Gasteiger partial charge in [0.2, 0.25) is 5.95 Å². The van der Waals surface area contributed by atoms with Gasteiger partial charge in [-0.2, -0.15) is 5.26 Å². The van der Waals surface area contributed by atoms with Gasteiger partial charge in [-0.3, -0.25) is 0 Å². The predicted octanol–water partition coefficient (Wildman–Crippen LogP) is 2.80. The number of hydrogen-bond acceptors (Lipinski definition) is 4. The van der Waals surface area contributed by atoms with Crippen molar-refractivity contribution in [1.29, 1.82) is 5.26 Å². The van der Waals surface area contributed by atoms with Crippen LogP contribution in [0.5, 0.6) is 0 Å². The molecule has 0 radical (unpaired) electrons. The highest BCUT2D eigenvalue weighted by molar-refractivity contribution is 9.10. The third-order valence-electron chi connectivity index (χ3n) is 2.94.